The number of hydrogen-bond donors (Lipinski definition) is 1. The topological polar surface area (TPSA) is 36.4 Å². The lowest BCUT2D eigenvalue weighted by atomic mass is 9.68. The van der Waals surface area contributed by atoms with E-state index in [0.717, 1.165) is 24.5 Å². The standard InChI is InChI=1S/C16H23ClN2O/c17-14-10-13(12-20)11-18-15(14)19-8-6-16(7-9-19)4-2-1-3-5-16/h10-11,20H,1-9,12H2. The lowest BCUT2D eigenvalue weighted by Crippen LogP contribution is -2.41. The van der Waals surface area contributed by atoms with Gasteiger partial charge in [0.05, 0.1) is 11.6 Å². The summed E-state index contributed by atoms with van der Waals surface area (Å²) in [6.07, 6.45) is 11.3. The smallest absolute Gasteiger partial charge is 0.147 e. The second-order valence-corrected chi connectivity index (χ2v) is 6.76. The number of rotatable bonds is 2. The van der Waals surface area contributed by atoms with Gasteiger partial charge in [0.25, 0.3) is 0 Å². The molecular formula is C16H23ClN2O. The fraction of sp³-hybridized carbons (Fsp3) is 0.688. The summed E-state index contributed by atoms with van der Waals surface area (Å²) in [5.74, 6) is 0.884. The van der Waals surface area contributed by atoms with Gasteiger partial charge in [-0.25, -0.2) is 4.98 Å². The van der Waals surface area contributed by atoms with Crippen LogP contribution in [0.3, 0.4) is 0 Å². The molecule has 2 aliphatic rings. The van der Waals surface area contributed by atoms with E-state index in [-0.39, 0.29) is 6.61 Å². The molecule has 2 heterocycles. The van der Waals surface area contributed by atoms with Crippen molar-refractivity contribution in [1.82, 2.24) is 4.98 Å². The van der Waals surface area contributed by atoms with Crippen molar-refractivity contribution in [2.75, 3.05) is 18.0 Å². The lowest BCUT2D eigenvalue weighted by molar-refractivity contribution is 0.144. The van der Waals surface area contributed by atoms with Crippen molar-refractivity contribution in [3.05, 3.63) is 22.8 Å². The van der Waals surface area contributed by atoms with Crippen LogP contribution in [0.15, 0.2) is 12.3 Å². The Morgan fingerprint density at radius 2 is 1.85 bits per heavy atom. The molecule has 1 N–H and O–H groups in total. The van der Waals surface area contributed by atoms with Gasteiger partial charge < -0.3 is 10.0 Å². The van der Waals surface area contributed by atoms with Gasteiger partial charge >= 0.3 is 0 Å². The zero-order chi connectivity index (χ0) is 14.0. The molecule has 2 fully saturated rings. The zero-order valence-electron chi connectivity index (χ0n) is 11.9. The Morgan fingerprint density at radius 3 is 2.45 bits per heavy atom. The van der Waals surface area contributed by atoms with Crippen LogP contribution < -0.4 is 4.90 Å². The fourth-order valence-electron chi connectivity index (χ4n) is 3.78. The highest BCUT2D eigenvalue weighted by atomic mass is 35.5. The highest BCUT2D eigenvalue weighted by Gasteiger charge is 2.36. The van der Waals surface area contributed by atoms with E-state index in [0.29, 0.717) is 10.4 Å². The summed E-state index contributed by atoms with van der Waals surface area (Å²) < 4.78 is 0. The van der Waals surface area contributed by atoms with E-state index in [1.807, 2.05) is 6.07 Å². The number of piperidine rings is 1. The summed E-state index contributed by atoms with van der Waals surface area (Å²) in [7, 11) is 0. The molecule has 1 aromatic heterocycles. The quantitative estimate of drug-likeness (QED) is 0.902. The first-order valence-corrected chi connectivity index (χ1v) is 8.10. The maximum Gasteiger partial charge on any atom is 0.147 e. The average molecular weight is 295 g/mol. The highest BCUT2D eigenvalue weighted by molar-refractivity contribution is 6.33. The molecule has 1 aromatic rings. The van der Waals surface area contributed by atoms with E-state index >= 15 is 0 Å². The Hall–Kier alpha value is -0.800. The molecule has 20 heavy (non-hydrogen) atoms. The van der Waals surface area contributed by atoms with Crippen LogP contribution >= 0.6 is 11.6 Å². The summed E-state index contributed by atoms with van der Waals surface area (Å²) in [5, 5.41) is 9.78. The normalized spacial score (nSPS) is 22.2. The molecule has 4 heteroatoms. The summed E-state index contributed by atoms with van der Waals surface area (Å²) in [4.78, 5) is 6.75. The predicted octanol–water partition coefficient (Wildman–Crippen LogP) is 3.78. The van der Waals surface area contributed by atoms with Crippen molar-refractivity contribution in [3.8, 4) is 0 Å². The molecule has 1 saturated carbocycles. The number of anilines is 1. The van der Waals surface area contributed by atoms with Gasteiger partial charge in [0, 0.05) is 19.3 Å². The molecule has 3 rings (SSSR count). The Kier molecular flexibility index (Phi) is 4.18. The van der Waals surface area contributed by atoms with Gasteiger partial charge in [0.15, 0.2) is 0 Å². The number of aliphatic hydroxyl groups excluding tert-OH is 1. The number of aromatic nitrogens is 1. The molecule has 0 unspecified atom stereocenters. The van der Waals surface area contributed by atoms with Gasteiger partial charge in [0.1, 0.15) is 5.82 Å². The number of aliphatic hydroxyl groups is 1. The number of nitrogens with zero attached hydrogens (tertiary/aromatic N) is 2. The average Bonchev–Trinajstić information content (AvgIpc) is 2.49. The molecule has 1 saturated heterocycles. The molecule has 0 radical (unpaired) electrons. The molecule has 0 bridgehead atoms. The summed E-state index contributed by atoms with van der Waals surface area (Å²) >= 11 is 6.30. The van der Waals surface area contributed by atoms with Crippen molar-refractivity contribution >= 4 is 17.4 Å². The van der Waals surface area contributed by atoms with Crippen LogP contribution in [0.25, 0.3) is 0 Å². The molecule has 0 atom stereocenters. The van der Waals surface area contributed by atoms with E-state index in [9.17, 15) is 0 Å². The Morgan fingerprint density at radius 1 is 1.15 bits per heavy atom. The van der Waals surface area contributed by atoms with Crippen LogP contribution in [0.4, 0.5) is 5.82 Å². The minimum atomic E-state index is -0.00386. The second-order valence-electron chi connectivity index (χ2n) is 6.35. The van der Waals surface area contributed by atoms with Crippen LogP contribution in [0.2, 0.25) is 5.02 Å². The SMILES string of the molecule is OCc1cnc(N2CCC3(CCCCC3)CC2)c(Cl)c1. The van der Waals surface area contributed by atoms with Crippen molar-refractivity contribution < 1.29 is 5.11 Å². The molecule has 110 valence electrons. The van der Waals surface area contributed by atoms with Crippen LogP contribution in [-0.4, -0.2) is 23.2 Å². The Bertz CT molecular complexity index is 462. The second kappa shape index (κ2) is 5.90. The van der Waals surface area contributed by atoms with E-state index < -0.39 is 0 Å². The van der Waals surface area contributed by atoms with E-state index in [1.54, 1.807) is 6.20 Å². The van der Waals surface area contributed by atoms with Crippen molar-refractivity contribution in [3.63, 3.8) is 0 Å². The maximum atomic E-state index is 9.12. The monoisotopic (exact) mass is 294 g/mol. The van der Waals surface area contributed by atoms with Gasteiger partial charge in [-0.05, 0) is 42.7 Å². The molecule has 3 nitrogen and oxygen atoms in total. The first kappa shape index (κ1) is 14.2. The number of halogens is 1. The zero-order valence-corrected chi connectivity index (χ0v) is 12.7. The molecule has 0 aromatic carbocycles. The summed E-state index contributed by atoms with van der Waals surface area (Å²) in [6, 6.07) is 1.83. The van der Waals surface area contributed by atoms with Crippen LogP contribution in [0.5, 0.6) is 0 Å². The summed E-state index contributed by atoms with van der Waals surface area (Å²) in [5.41, 5.74) is 1.38. The summed E-state index contributed by atoms with van der Waals surface area (Å²) in [6.45, 7) is 2.12. The third-order valence-corrected chi connectivity index (χ3v) is 5.38. The van der Waals surface area contributed by atoms with Gasteiger partial charge in [0.2, 0.25) is 0 Å². The van der Waals surface area contributed by atoms with E-state index in [4.69, 9.17) is 16.7 Å². The van der Waals surface area contributed by atoms with Crippen molar-refractivity contribution in [2.45, 2.75) is 51.6 Å². The molecule has 1 spiro atoms. The van der Waals surface area contributed by atoms with Gasteiger partial charge in [-0.15, -0.1) is 0 Å². The first-order valence-electron chi connectivity index (χ1n) is 7.73. The predicted molar refractivity (Wildman–Crippen MR) is 82.1 cm³/mol. The van der Waals surface area contributed by atoms with Crippen LogP contribution in [0, 0.1) is 5.41 Å². The van der Waals surface area contributed by atoms with Crippen molar-refractivity contribution in [1.29, 1.82) is 0 Å². The highest BCUT2D eigenvalue weighted by Crippen LogP contribution is 2.45. The molecule has 1 aliphatic heterocycles. The van der Waals surface area contributed by atoms with Gasteiger partial charge in [-0.2, -0.15) is 0 Å². The van der Waals surface area contributed by atoms with E-state index in [2.05, 4.69) is 9.88 Å². The lowest BCUT2D eigenvalue weighted by Gasteiger charge is -2.44. The fourth-order valence-corrected chi connectivity index (χ4v) is 4.09. The van der Waals surface area contributed by atoms with Crippen molar-refractivity contribution in [2.24, 2.45) is 5.41 Å². The van der Waals surface area contributed by atoms with Crippen LogP contribution in [-0.2, 0) is 6.61 Å². The maximum absolute atomic E-state index is 9.12. The third-order valence-electron chi connectivity index (χ3n) is 5.10. The minimum Gasteiger partial charge on any atom is -0.392 e. The Labute approximate surface area is 126 Å². The van der Waals surface area contributed by atoms with Gasteiger partial charge in [-0.1, -0.05) is 30.9 Å². The molecule has 1 aliphatic carbocycles. The van der Waals surface area contributed by atoms with Gasteiger partial charge in [-0.3, -0.25) is 0 Å². The Balaban J connectivity index is 1.68. The largest absolute Gasteiger partial charge is 0.392 e. The number of pyridine rings is 1. The molecule has 0 amide bonds. The van der Waals surface area contributed by atoms with E-state index in [1.165, 1.54) is 44.9 Å². The first-order chi connectivity index (χ1) is 9.72. The number of hydrogen-bond acceptors (Lipinski definition) is 3. The minimum absolute atomic E-state index is 0.00386. The van der Waals surface area contributed by atoms with Crippen LogP contribution in [0.1, 0.15) is 50.5 Å². The molecular weight excluding hydrogens is 272 g/mol. The third kappa shape index (κ3) is 2.79.